The summed E-state index contributed by atoms with van der Waals surface area (Å²) in [6.45, 7) is 19.2. The Hall–Kier alpha value is -9.96. The maximum atomic E-state index is 12.1. The van der Waals surface area contributed by atoms with Gasteiger partial charge >= 0.3 is 23.9 Å². The molecular formula is C76H120N16O24. The highest BCUT2D eigenvalue weighted by Crippen LogP contribution is 2.26. The molecule has 0 spiro atoms. The van der Waals surface area contributed by atoms with E-state index >= 15 is 0 Å². The molecule has 0 aromatic heterocycles. The fourth-order valence-corrected chi connectivity index (χ4v) is 14.1. The lowest BCUT2D eigenvalue weighted by Gasteiger charge is -2.38. The highest BCUT2D eigenvalue weighted by molar-refractivity contribution is 6.04. The number of piperidine rings is 4. The van der Waals surface area contributed by atoms with Gasteiger partial charge in [-0.2, -0.15) is 0 Å². The van der Waals surface area contributed by atoms with Gasteiger partial charge in [-0.3, -0.25) is 96.3 Å². The minimum absolute atomic E-state index is 0.0185. The smallest absolute Gasteiger partial charge is 0.334 e. The van der Waals surface area contributed by atoms with Gasteiger partial charge in [0.25, 0.3) is 47.3 Å². The quantitative estimate of drug-likeness (QED) is 0.0222. The van der Waals surface area contributed by atoms with E-state index in [4.69, 9.17) is 19.4 Å². The summed E-state index contributed by atoms with van der Waals surface area (Å²) < 4.78 is 0. The summed E-state index contributed by atoms with van der Waals surface area (Å²) in [6, 6.07) is 2.99. The van der Waals surface area contributed by atoms with Gasteiger partial charge in [0.1, 0.15) is 0 Å². The van der Waals surface area contributed by atoms with E-state index in [0.717, 1.165) is 51.4 Å². The molecule has 8 aliphatic rings. The van der Waals surface area contributed by atoms with Crippen LogP contribution in [0.1, 0.15) is 235 Å². The van der Waals surface area contributed by atoms with E-state index in [2.05, 4.69) is 118 Å². The Morgan fingerprint density at radius 3 is 0.526 bits per heavy atom. The summed E-state index contributed by atoms with van der Waals surface area (Å²) in [5.74, 6) is -9.14. The molecule has 0 aliphatic carbocycles. The van der Waals surface area contributed by atoms with Gasteiger partial charge in [0.05, 0.1) is 51.9 Å². The number of hydrogen-bond acceptors (Lipinski definition) is 28. The molecule has 8 atom stereocenters. The van der Waals surface area contributed by atoms with Crippen molar-refractivity contribution in [1.29, 1.82) is 0 Å². The summed E-state index contributed by atoms with van der Waals surface area (Å²) >= 11 is 0. The van der Waals surface area contributed by atoms with Gasteiger partial charge < -0.3 is 61.9 Å². The van der Waals surface area contributed by atoms with E-state index in [1.165, 1.54) is 25.7 Å². The molecule has 0 radical (unpaired) electrons. The molecule has 0 bridgehead atoms. The number of nitrogens with zero attached hydrogens (tertiary/aromatic N) is 8. The normalized spacial score (nSPS) is 22.5. The van der Waals surface area contributed by atoms with Gasteiger partial charge in [-0.15, -0.1) is 20.3 Å². The number of amides is 16. The zero-order valence-electron chi connectivity index (χ0n) is 68.3. The van der Waals surface area contributed by atoms with E-state index in [0.29, 0.717) is 94.8 Å². The molecule has 8 saturated heterocycles. The predicted octanol–water partition coefficient (Wildman–Crippen LogP) is -0.524. The van der Waals surface area contributed by atoms with Gasteiger partial charge in [0.2, 0.25) is 47.3 Å². The fourth-order valence-electron chi connectivity index (χ4n) is 14.1. The predicted molar refractivity (Wildman–Crippen MR) is 408 cm³/mol. The van der Waals surface area contributed by atoms with Crippen LogP contribution in [0.4, 0.5) is 0 Å². The Kier molecular flexibility index (Phi) is 42.1. The zero-order valence-corrected chi connectivity index (χ0v) is 68.3. The molecule has 8 fully saturated rings. The van der Waals surface area contributed by atoms with Crippen LogP contribution < -0.4 is 42.5 Å². The molecule has 8 heterocycles. The first-order valence-corrected chi connectivity index (χ1v) is 40.5. The van der Waals surface area contributed by atoms with Crippen LogP contribution >= 0.6 is 0 Å². The minimum atomic E-state index is -0.771. The lowest BCUT2D eigenvalue weighted by Crippen LogP contribution is -2.49. The van der Waals surface area contributed by atoms with Crippen molar-refractivity contribution in [1.82, 2.24) is 82.4 Å². The second kappa shape index (κ2) is 50.5. The molecule has 16 amide bonds. The molecule has 8 N–H and O–H groups in total. The molecule has 40 nitrogen and oxygen atoms in total. The number of carbonyl (C=O) groups excluding carboxylic acids is 20. The number of carbonyl (C=O) groups is 20. The minimum Gasteiger partial charge on any atom is -0.355 e. The van der Waals surface area contributed by atoms with Crippen molar-refractivity contribution in [2.75, 3.05) is 78.5 Å². The van der Waals surface area contributed by atoms with Crippen molar-refractivity contribution >= 4 is 118 Å². The van der Waals surface area contributed by atoms with Crippen molar-refractivity contribution < 1.29 is 115 Å². The number of hydrogen-bond donors (Lipinski definition) is 8. The van der Waals surface area contributed by atoms with E-state index in [-0.39, 0.29) is 202 Å². The first-order chi connectivity index (χ1) is 55.1. The van der Waals surface area contributed by atoms with Gasteiger partial charge in [0.15, 0.2) is 0 Å². The van der Waals surface area contributed by atoms with Crippen molar-refractivity contribution in [3.8, 4) is 0 Å². The van der Waals surface area contributed by atoms with Crippen LogP contribution in [0.15, 0.2) is 0 Å². The standard InChI is InChI=1S/4C19H30N4O6/c4*1-13-4-3-5-14(2)22(13)12-16(25)21-10-8-15(24)20-11-9-19(28)29-23-17(26)6-7-18(23)27/h4*13-14H,3-12H2,1-2H3,(H,20,24)(H,21,25)/i8+1,10+1,20+1,21+1,22+1;8+1,10+1,16+1,20+1,21+1;8+1,10+1,15+1,16+1,20+1;8+1,10+1,15+1,16+1,19+1. The third-order valence-electron chi connectivity index (χ3n) is 20.9. The average molecular weight is 1660 g/mol. The Bertz CT molecular complexity index is 2950. The Balaban J connectivity index is 0.000000276. The number of rotatable bonds is 36. The van der Waals surface area contributed by atoms with Crippen LogP contribution in [0.3, 0.4) is 0 Å². The van der Waals surface area contributed by atoms with Crippen molar-refractivity contribution in [2.24, 2.45) is 0 Å². The Morgan fingerprint density at radius 2 is 0.371 bits per heavy atom. The van der Waals surface area contributed by atoms with Gasteiger partial charge in [-0.25, -0.2) is 19.2 Å². The molecule has 8 unspecified atom stereocenters. The van der Waals surface area contributed by atoms with Gasteiger partial charge in [0, 0.05) is 178 Å². The lowest BCUT2D eigenvalue weighted by atomic mass is 9.98. The molecule has 8 aliphatic heterocycles. The van der Waals surface area contributed by atoms with Crippen molar-refractivity contribution in [3.05, 3.63) is 0 Å². The second-order valence-electron chi connectivity index (χ2n) is 30.2. The van der Waals surface area contributed by atoms with E-state index in [1.807, 2.05) is 0 Å². The van der Waals surface area contributed by atoms with Gasteiger partial charge in [-0.1, -0.05) is 25.7 Å². The lowest BCUT2D eigenvalue weighted by molar-refractivity contribution is -0.197. The van der Waals surface area contributed by atoms with Crippen LogP contribution in [0.25, 0.3) is 0 Å². The molecule has 0 aromatic rings. The summed E-state index contributed by atoms with van der Waals surface area (Å²) in [5, 5.41) is 23.0. The highest BCUT2D eigenvalue weighted by atomic mass is 16.8. The molecule has 8 rings (SSSR count). The number of nitrogens with one attached hydrogen (secondary N) is 8. The molecule has 0 aromatic carbocycles. The number of likely N-dealkylation sites (tertiary alicyclic amines) is 4. The summed E-state index contributed by atoms with van der Waals surface area (Å²) in [7, 11) is 0. The molecule has 0 saturated carbocycles. The fraction of sp³-hybridized carbons (Fsp3) is 0.737. The molecular weight excluding hydrogens is 1540 g/mol. The monoisotopic (exact) mass is 1660 g/mol. The number of hydroxylamine groups is 8. The van der Waals surface area contributed by atoms with Crippen LogP contribution in [-0.4, -0.2) is 285 Å². The highest BCUT2D eigenvalue weighted by Gasteiger charge is 2.38. The zero-order chi connectivity index (χ0) is 85.6. The second-order valence-corrected chi connectivity index (χ2v) is 30.2. The van der Waals surface area contributed by atoms with Crippen molar-refractivity contribution in [3.63, 3.8) is 0 Å². The van der Waals surface area contributed by atoms with E-state index in [1.54, 1.807) is 0 Å². The average Bonchev–Trinajstić information content (AvgIpc) is 1.24. The van der Waals surface area contributed by atoms with Crippen LogP contribution in [0.2, 0.25) is 0 Å². The Labute approximate surface area is 675 Å². The summed E-state index contributed by atoms with van der Waals surface area (Å²) in [4.78, 5) is 261. The van der Waals surface area contributed by atoms with Crippen molar-refractivity contribution in [2.45, 2.75) is 284 Å². The summed E-state index contributed by atoms with van der Waals surface area (Å²) in [6.07, 6.45) is 13.4. The summed E-state index contributed by atoms with van der Waals surface area (Å²) in [5.41, 5.74) is 0. The maximum absolute atomic E-state index is 12.1. The number of imide groups is 4. The van der Waals surface area contributed by atoms with Crippen LogP contribution in [0.5, 0.6) is 0 Å². The van der Waals surface area contributed by atoms with E-state index < -0.39 is 71.1 Å². The molecule has 648 valence electrons. The molecule has 116 heavy (non-hydrogen) atoms. The SMILES string of the molecule is CC1CCCC(C)N1C[13C](=O)N[13CH2][13CH2][13C](=O)NCC[13C](=O)ON1C(=O)CCC1=O.CC1CCCC(C)N1C[13C](=O)N[13CH2][13CH2][13C](=O)[15NH]CCC(=O)ON1C(=O)CCC1=O.CC1CCCC(C)N1C[13C](=O)[15NH][13CH2][13CH2]C(=O)[15NH]CCC(=O)ON1C(=O)CCC1=O.CC1CCCC(C)[15N]1CC(=O)[15NH][13CH2][13CH2]C(=O)[15NH]CCC(=O)ON1C(=O)CCC1=O. The first kappa shape index (κ1) is 96.6. The molecule has 40 heteroatoms. The van der Waals surface area contributed by atoms with Gasteiger partial charge in [-0.05, 0) is 107 Å². The maximum Gasteiger partial charge on any atom is 0.334 e. The third-order valence-corrected chi connectivity index (χ3v) is 20.9. The van der Waals surface area contributed by atoms with E-state index in [9.17, 15) is 95.9 Å². The largest absolute Gasteiger partial charge is 0.355 e. The topological polar surface area (TPSA) is 500 Å². The van der Waals surface area contributed by atoms with Crippen LogP contribution in [-0.2, 0) is 115 Å². The first-order valence-electron chi connectivity index (χ1n) is 40.5. The Morgan fingerprint density at radius 1 is 0.233 bits per heavy atom. The van der Waals surface area contributed by atoms with Crippen LogP contribution in [0, 0.1) is 0 Å². The third kappa shape index (κ3) is 34.8.